The second kappa shape index (κ2) is 10.7. The molecule has 0 bridgehead atoms. The first-order valence-corrected chi connectivity index (χ1v) is 11.7. The Balaban J connectivity index is 1.83. The summed E-state index contributed by atoms with van der Waals surface area (Å²) in [5, 5.41) is 10.4. The molecule has 0 spiro atoms. The van der Waals surface area contributed by atoms with Crippen LogP contribution >= 0.6 is 0 Å². The van der Waals surface area contributed by atoms with Crippen LogP contribution in [0.5, 0.6) is 23.0 Å². The third kappa shape index (κ3) is 4.92. The van der Waals surface area contributed by atoms with Crippen LogP contribution in [-0.4, -0.2) is 39.5 Å². The first-order valence-electron chi connectivity index (χ1n) is 11.7. The number of hydrogen-bond acceptors (Lipinski definition) is 5. The van der Waals surface area contributed by atoms with E-state index >= 15 is 0 Å². The van der Waals surface area contributed by atoms with Crippen LogP contribution in [0.25, 0.3) is 0 Å². The Labute approximate surface area is 206 Å². The number of rotatable bonds is 9. The fourth-order valence-corrected chi connectivity index (χ4v) is 5.41. The van der Waals surface area contributed by atoms with Crippen molar-refractivity contribution >= 4 is 5.97 Å². The molecular formula is C29H32O6. The van der Waals surface area contributed by atoms with Crippen LogP contribution in [0.3, 0.4) is 0 Å². The van der Waals surface area contributed by atoms with E-state index in [-0.39, 0.29) is 11.8 Å². The van der Waals surface area contributed by atoms with E-state index in [1.54, 1.807) is 28.4 Å². The standard InChI is InChI=1S/C29H32O6/c1-32-24-13-10-18(15-25(24)33-2)14-23-21(28(29(30)31)19-8-6-5-7-9-19)12-11-20-16-26(34-3)27(35-4)17-22(20)23/h5-10,13,15-17,21,23,28H,11-12,14H2,1-4H3,(H,30,31). The minimum Gasteiger partial charge on any atom is -0.493 e. The van der Waals surface area contributed by atoms with Gasteiger partial charge in [-0.25, -0.2) is 0 Å². The molecule has 0 heterocycles. The van der Waals surface area contributed by atoms with Crippen LogP contribution in [0.4, 0.5) is 0 Å². The second-order valence-corrected chi connectivity index (χ2v) is 8.84. The van der Waals surface area contributed by atoms with Crippen LogP contribution in [0.2, 0.25) is 0 Å². The summed E-state index contributed by atoms with van der Waals surface area (Å²) in [4.78, 5) is 12.6. The fraction of sp³-hybridized carbons (Fsp3) is 0.345. The van der Waals surface area contributed by atoms with E-state index in [0.29, 0.717) is 29.4 Å². The number of hydrogen-bond donors (Lipinski definition) is 1. The molecule has 0 aromatic heterocycles. The molecule has 0 aliphatic heterocycles. The highest BCUT2D eigenvalue weighted by Gasteiger charge is 2.40. The normalized spacial score (nSPS) is 17.7. The van der Waals surface area contributed by atoms with Gasteiger partial charge in [-0.2, -0.15) is 0 Å². The Hall–Kier alpha value is -3.67. The number of carboxylic acid groups (broad SMARTS) is 1. The highest BCUT2D eigenvalue weighted by molar-refractivity contribution is 5.77. The highest BCUT2D eigenvalue weighted by atomic mass is 16.5. The molecule has 184 valence electrons. The van der Waals surface area contributed by atoms with Crippen LogP contribution in [0.15, 0.2) is 60.7 Å². The predicted molar refractivity (Wildman–Crippen MR) is 134 cm³/mol. The summed E-state index contributed by atoms with van der Waals surface area (Å²) < 4.78 is 22.1. The zero-order valence-corrected chi connectivity index (χ0v) is 20.6. The predicted octanol–water partition coefficient (Wildman–Crippen LogP) is 5.48. The lowest BCUT2D eigenvalue weighted by Crippen LogP contribution is -2.32. The Morgan fingerprint density at radius 3 is 2.11 bits per heavy atom. The van der Waals surface area contributed by atoms with Gasteiger partial charge in [-0.1, -0.05) is 36.4 Å². The Morgan fingerprint density at radius 1 is 0.857 bits per heavy atom. The molecule has 3 unspecified atom stereocenters. The van der Waals surface area contributed by atoms with Gasteiger partial charge in [0.05, 0.1) is 34.4 Å². The van der Waals surface area contributed by atoms with Gasteiger partial charge in [-0.3, -0.25) is 4.79 Å². The van der Waals surface area contributed by atoms with Crippen molar-refractivity contribution in [3.63, 3.8) is 0 Å². The van der Waals surface area contributed by atoms with Crippen LogP contribution in [0.1, 0.15) is 40.5 Å². The van der Waals surface area contributed by atoms with E-state index in [1.165, 1.54) is 5.56 Å². The summed E-state index contributed by atoms with van der Waals surface area (Å²) in [6, 6.07) is 19.5. The molecule has 1 N–H and O–H groups in total. The van der Waals surface area contributed by atoms with Gasteiger partial charge in [0.15, 0.2) is 23.0 Å². The molecule has 0 fully saturated rings. The topological polar surface area (TPSA) is 74.2 Å². The van der Waals surface area contributed by atoms with Crippen molar-refractivity contribution in [2.75, 3.05) is 28.4 Å². The minimum absolute atomic E-state index is 0.0436. The fourth-order valence-electron chi connectivity index (χ4n) is 5.41. The monoisotopic (exact) mass is 476 g/mol. The molecule has 0 radical (unpaired) electrons. The number of ether oxygens (including phenoxy) is 4. The summed E-state index contributed by atoms with van der Waals surface area (Å²) in [5.41, 5.74) is 4.15. The lowest BCUT2D eigenvalue weighted by molar-refractivity contribution is -0.140. The molecule has 35 heavy (non-hydrogen) atoms. The first kappa shape index (κ1) is 24.5. The number of aryl methyl sites for hydroxylation is 1. The summed E-state index contributed by atoms with van der Waals surface area (Å²) in [5.74, 6) is 1.08. The number of carboxylic acids is 1. The summed E-state index contributed by atoms with van der Waals surface area (Å²) in [6.07, 6.45) is 2.19. The first-order chi connectivity index (χ1) is 17.0. The number of benzene rings is 3. The van der Waals surface area contributed by atoms with Crippen molar-refractivity contribution in [3.05, 3.63) is 82.9 Å². The molecule has 0 saturated heterocycles. The van der Waals surface area contributed by atoms with Gasteiger partial charge in [0, 0.05) is 0 Å². The number of carbonyl (C=O) groups is 1. The van der Waals surface area contributed by atoms with E-state index in [1.807, 2.05) is 60.7 Å². The summed E-state index contributed by atoms with van der Waals surface area (Å²) >= 11 is 0. The SMILES string of the molecule is COc1ccc(CC2c3cc(OC)c(OC)cc3CCC2C(C(=O)O)c2ccccc2)cc1OC. The van der Waals surface area contributed by atoms with Crippen molar-refractivity contribution in [1.82, 2.24) is 0 Å². The molecule has 1 aliphatic carbocycles. The Morgan fingerprint density at radius 2 is 1.49 bits per heavy atom. The molecule has 3 aromatic rings. The zero-order valence-electron chi connectivity index (χ0n) is 20.6. The average molecular weight is 477 g/mol. The molecule has 6 nitrogen and oxygen atoms in total. The smallest absolute Gasteiger partial charge is 0.311 e. The van der Waals surface area contributed by atoms with Crippen molar-refractivity contribution in [2.45, 2.75) is 31.1 Å². The summed E-state index contributed by atoms with van der Waals surface area (Å²) in [6.45, 7) is 0. The molecule has 0 amide bonds. The van der Waals surface area contributed by atoms with Gasteiger partial charge in [-0.15, -0.1) is 0 Å². The number of aliphatic carboxylic acids is 1. The van der Waals surface area contributed by atoms with E-state index in [9.17, 15) is 9.90 Å². The third-order valence-electron chi connectivity index (χ3n) is 7.07. The van der Waals surface area contributed by atoms with E-state index in [4.69, 9.17) is 18.9 Å². The third-order valence-corrected chi connectivity index (χ3v) is 7.07. The molecule has 4 rings (SSSR count). The van der Waals surface area contributed by atoms with Crippen LogP contribution < -0.4 is 18.9 Å². The summed E-state index contributed by atoms with van der Waals surface area (Å²) in [7, 11) is 6.49. The van der Waals surface area contributed by atoms with Crippen molar-refractivity contribution in [2.24, 2.45) is 5.92 Å². The van der Waals surface area contributed by atoms with Crippen LogP contribution in [0, 0.1) is 5.92 Å². The zero-order chi connectivity index (χ0) is 24.9. The van der Waals surface area contributed by atoms with Gasteiger partial charge < -0.3 is 24.1 Å². The molecule has 3 aromatic carbocycles. The van der Waals surface area contributed by atoms with E-state index in [0.717, 1.165) is 29.5 Å². The lowest BCUT2D eigenvalue weighted by atomic mass is 9.66. The van der Waals surface area contributed by atoms with E-state index in [2.05, 4.69) is 0 Å². The van der Waals surface area contributed by atoms with Gasteiger partial charge >= 0.3 is 5.97 Å². The molecule has 3 atom stereocenters. The van der Waals surface area contributed by atoms with Gasteiger partial charge in [0.2, 0.25) is 0 Å². The second-order valence-electron chi connectivity index (χ2n) is 8.84. The molecule has 0 saturated carbocycles. The quantitative estimate of drug-likeness (QED) is 0.441. The van der Waals surface area contributed by atoms with Gasteiger partial charge in [-0.05, 0) is 77.6 Å². The number of fused-ring (bicyclic) bond motifs is 1. The largest absolute Gasteiger partial charge is 0.493 e. The average Bonchev–Trinajstić information content (AvgIpc) is 2.89. The van der Waals surface area contributed by atoms with E-state index < -0.39 is 11.9 Å². The Bertz CT molecular complexity index is 1170. The van der Waals surface area contributed by atoms with Crippen molar-refractivity contribution in [3.8, 4) is 23.0 Å². The van der Waals surface area contributed by atoms with Crippen molar-refractivity contribution in [1.29, 1.82) is 0 Å². The Kier molecular flexibility index (Phi) is 7.49. The molecule has 6 heteroatoms. The maximum Gasteiger partial charge on any atom is 0.311 e. The lowest BCUT2D eigenvalue weighted by Gasteiger charge is -2.38. The molecule has 1 aliphatic rings. The van der Waals surface area contributed by atoms with Gasteiger partial charge in [0.1, 0.15) is 0 Å². The minimum atomic E-state index is -0.803. The highest BCUT2D eigenvalue weighted by Crippen LogP contribution is 2.48. The van der Waals surface area contributed by atoms with Gasteiger partial charge in [0.25, 0.3) is 0 Å². The number of methoxy groups -OCH3 is 4. The van der Waals surface area contributed by atoms with Crippen molar-refractivity contribution < 1.29 is 28.8 Å². The maximum atomic E-state index is 12.6. The maximum absolute atomic E-state index is 12.6. The molecular weight excluding hydrogens is 444 g/mol. The van der Waals surface area contributed by atoms with Crippen LogP contribution in [-0.2, 0) is 17.6 Å².